The van der Waals surface area contributed by atoms with Gasteiger partial charge in [0.2, 0.25) is 5.91 Å². The molecule has 2 aromatic rings. The Morgan fingerprint density at radius 3 is 2.71 bits per heavy atom. The molecule has 0 radical (unpaired) electrons. The predicted octanol–water partition coefficient (Wildman–Crippen LogP) is 1.92. The van der Waals surface area contributed by atoms with Crippen molar-refractivity contribution in [2.24, 2.45) is 5.92 Å². The van der Waals surface area contributed by atoms with Gasteiger partial charge in [-0.1, -0.05) is 6.07 Å². The summed E-state index contributed by atoms with van der Waals surface area (Å²) in [7, 11) is 1.49. The minimum atomic E-state index is -1.47. The Morgan fingerprint density at radius 2 is 1.95 bits per heavy atom. The van der Waals surface area contributed by atoms with Crippen LogP contribution in [-0.4, -0.2) is 66.5 Å². The van der Waals surface area contributed by atoms with Crippen LogP contribution >= 0.6 is 0 Å². The molecule has 3 N–H and O–H groups in total. The van der Waals surface area contributed by atoms with Crippen molar-refractivity contribution >= 4 is 29.6 Å². The van der Waals surface area contributed by atoms with Crippen LogP contribution < -0.4 is 25.4 Å². The fourth-order valence-electron chi connectivity index (χ4n) is 5.33. The van der Waals surface area contributed by atoms with Crippen molar-refractivity contribution in [3.8, 4) is 11.5 Å². The average molecular weight is 524 g/mol. The number of nitrogens with zero attached hydrogens (tertiary/aromatic N) is 2. The number of hydrogen-bond acceptors (Lipinski definition) is 6. The summed E-state index contributed by atoms with van der Waals surface area (Å²) in [6.45, 7) is 0.416. The SMILES string of the molecule is CNC(=O)Nc1ccc2c(c1)OCC21NC(=O)N(C(C(=O)N2CCOc3ccc(F)cc3C2)C2CC2)C1=O. The predicted molar refractivity (Wildman–Crippen MR) is 131 cm³/mol. The lowest BCUT2D eigenvalue weighted by Gasteiger charge is -2.30. The number of carbonyl (C=O) groups excluding carboxylic acids is 4. The molecule has 4 aliphatic rings. The number of carbonyl (C=O) groups is 4. The lowest BCUT2D eigenvalue weighted by Crippen LogP contribution is -2.53. The van der Waals surface area contributed by atoms with Crippen LogP contribution in [0.25, 0.3) is 0 Å². The molecular formula is C26H26FN5O6. The minimum Gasteiger partial charge on any atom is -0.491 e. The number of anilines is 1. The summed E-state index contributed by atoms with van der Waals surface area (Å²) in [5.74, 6) is -0.681. The number of halogens is 1. The molecule has 12 heteroatoms. The van der Waals surface area contributed by atoms with E-state index in [0.29, 0.717) is 41.2 Å². The molecule has 0 bridgehead atoms. The molecule has 1 saturated heterocycles. The summed E-state index contributed by atoms with van der Waals surface area (Å²) in [6.07, 6.45) is 1.41. The largest absolute Gasteiger partial charge is 0.491 e. The topological polar surface area (TPSA) is 129 Å². The zero-order valence-electron chi connectivity index (χ0n) is 20.6. The van der Waals surface area contributed by atoms with Gasteiger partial charge >= 0.3 is 12.1 Å². The summed E-state index contributed by atoms with van der Waals surface area (Å²) in [4.78, 5) is 55.3. The van der Waals surface area contributed by atoms with Crippen LogP contribution in [0, 0.1) is 11.7 Å². The number of rotatable bonds is 4. The number of ether oxygens (including phenoxy) is 2. The van der Waals surface area contributed by atoms with E-state index in [1.54, 1.807) is 18.2 Å². The maximum Gasteiger partial charge on any atom is 0.326 e. The van der Waals surface area contributed by atoms with Gasteiger partial charge in [-0.25, -0.2) is 18.9 Å². The van der Waals surface area contributed by atoms with Crippen LogP contribution in [0.4, 0.5) is 19.7 Å². The average Bonchev–Trinajstić information content (AvgIpc) is 3.66. The van der Waals surface area contributed by atoms with Crippen molar-refractivity contribution < 1.29 is 33.0 Å². The molecule has 1 aliphatic carbocycles. The Hall–Kier alpha value is -4.35. The Balaban J connectivity index is 1.28. The summed E-state index contributed by atoms with van der Waals surface area (Å²) in [5, 5.41) is 7.88. The monoisotopic (exact) mass is 523 g/mol. The van der Waals surface area contributed by atoms with E-state index in [-0.39, 0.29) is 38.1 Å². The molecule has 6 amide bonds. The second-order valence-electron chi connectivity index (χ2n) is 9.86. The minimum absolute atomic E-state index is 0.108. The number of nitrogens with one attached hydrogen (secondary N) is 3. The number of amides is 6. The first-order chi connectivity index (χ1) is 18.3. The third-order valence-corrected chi connectivity index (χ3v) is 7.41. The third kappa shape index (κ3) is 3.87. The fourth-order valence-corrected chi connectivity index (χ4v) is 5.33. The molecular weight excluding hydrogens is 497 g/mol. The summed E-state index contributed by atoms with van der Waals surface area (Å²) >= 11 is 0. The third-order valence-electron chi connectivity index (χ3n) is 7.41. The van der Waals surface area contributed by atoms with Crippen molar-refractivity contribution in [3.05, 3.63) is 53.3 Å². The van der Waals surface area contributed by atoms with Gasteiger partial charge in [0.25, 0.3) is 5.91 Å². The van der Waals surface area contributed by atoms with Gasteiger partial charge < -0.3 is 30.3 Å². The van der Waals surface area contributed by atoms with Gasteiger partial charge in [0.05, 0.1) is 6.54 Å². The van der Waals surface area contributed by atoms with Crippen molar-refractivity contribution in [1.82, 2.24) is 20.4 Å². The Bertz CT molecular complexity index is 1360. The zero-order chi connectivity index (χ0) is 26.6. The normalized spacial score (nSPS) is 22.6. The number of fused-ring (bicyclic) bond motifs is 3. The first kappa shape index (κ1) is 24.0. The van der Waals surface area contributed by atoms with Gasteiger partial charge in [0, 0.05) is 36.5 Å². The maximum atomic E-state index is 13.9. The highest BCUT2D eigenvalue weighted by atomic mass is 19.1. The van der Waals surface area contributed by atoms with E-state index in [4.69, 9.17) is 9.47 Å². The van der Waals surface area contributed by atoms with E-state index in [9.17, 15) is 23.6 Å². The second-order valence-corrected chi connectivity index (χ2v) is 9.86. The molecule has 3 aliphatic heterocycles. The van der Waals surface area contributed by atoms with E-state index in [2.05, 4.69) is 16.0 Å². The molecule has 1 spiro atoms. The van der Waals surface area contributed by atoms with E-state index in [0.717, 1.165) is 4.90 Å². The van der Waals surface area contributed by atoms with Crippen LogP contribution in [0.2, 0.25) is 0 Å². The molecule has 38 heavy (non-hydrogen) atoms. The molecule has 2 atom stereocenters. The quantitative estimate of drug-likeness (QED) is 0.525. The van der Waals surface area contributed by atoms with E-state index >= 15 is 0 Å². The maximum absolute atomic E-state index is 13.9. The summed E-state index contributed by atoms with van der Waals surface area (Å²) in [5.41, 5.74) is -0.0307. The van der Waals surface area contributed by atoms with Crippen LogP contribution in [0.5, 0.6) is 11.5 Å². The first-order valence-electron chi connectivity index (χ1n) is 12.4. The molecule has 3 heterocycles. The summed E-state index contributed by atoms with van der Waals surface area (Å²) < 4.78 is 25.4. The smallest absolute Gasteiger partial charge is 0.326 e. The fraction of sp³-hybridized carbons (Fsp3) is 0.385. The highest BCUT2D eigenvalue weighted by Crippen LogP contribution is 2.45. The zero-order valence-corrected chi connectivity index (χ0v) is 20.6. The van der Waals surface area contributed by atoms with E-state index in [1.165, 1.54) is 30.1 Å². The Morgan fingerprint density at radius 1 is 1.13 bits per heavy atom. The standard InChI is InChI=1S/C26H26FN5O6/c1-28-24(35)29-17-5-6-18-20(11-17)38-13-26(18)23(34)32(25(36)30-26)21(14-2-3-14)22(33)31-8-9-37-19-7-4-16(27)10-15(19)12-31/h4-7,10-11,14,21H,2-3,8-9,12-13H2,1H3,(H,30,36)(H2,28,29,35). The van der Waals surface area contributed by atoms with Crippen molar-refractivity contribution in [1.29, 1.82) is 0 Å². The molecule has 0 aromatic heterocycles. The van der Waals surface area contributed by atoms with Crippen molar-refractivity contribution in [3.63, 3.8) is 0 Å². The second kappa shape index (κ2) is 8.89. The van der Waals surface area contributed by atoms with Gasteiger partial charge in [-0.2, -0.15) is 0 Å². The van der Waals surface area contributed by atoms with Gasteiger partial charge in [0.15, 0.2) is 5.54 Å². The number of benzene rings is 2. The van der Waals surface area contributed by atoms with Crippen LogP contribution in [0.1, 0.15) is 24.0 Å². The number of imide groups is 1. The molecule has 6 rings (SSSR count). The molecule has 2 unspecified atom stereocenters. The molecule has 11 nitrogen and oxygen atoms in total. The van der Waals surface area contributed by atoms with E-state index < -0.39 is 35.4 Å². The van der Waals surface area contributed by atoms with Crippen molar-refractivity contribution in [2.75, 3.05) is 32.1 Å². The number of hydrogen-bond donors (Lipinski definition) is 3. The van der Waals surface area contributed by atoms with Crippen LogP contribution in [0.3, 0.4) is 0 Å². The first-order valence-corrected chi connectivity index (χ1v) is 12.4. The highest BCUT2D eigenvalue weighted by Gasteiger charge is 2.61. The van der Waals surface area contributed by atoms with Crippen LogP contribution in [0.15, 0.2) is 36.4 Å². The van der Waals surface area contributed by atoms with Gasteiger partial charge in [-0.05, 0) is 43.0 Å². The number of urea groups is 2. The van der Waals surface area contributed by atoms with Gasteiger partial charge in [-0.3, -0.25) is 9.59 Å². The summed E-state index contributed by atoms with van der Waals surface area (Å²) in [6, 6.07) is 6.92. The highest BCUT2D eigenvalue weighted by molar-refractivity contribution is 6.11. The van der Waals surface area contributed by atoms with Gasteiger partial charge in [-0.15, -0.1) is 0 Å². The van der Waals surface area contributed by atoms with Crippen LogP contribution in [-0.2, 0) is 21.7 Å². The molecule has 198 valence electrons. The lowest BCUT2D eigenvalue weighted by atomic mass is 9.91. The van der Waals surface area contributed by atoms with E-state index in [1.807, 2.05) is 0 Å². The molecule has 1 saturated carbocycles. The molecule has 2 aromatic carbocycles. The van der Waals surface area contributed by atoms with Crippen molar-refractivity contribution in [2.45, 2.75) is 31.0 Å². The Labute approximate surface area is 217 Å². The van der Waals surface area contributed by atoms with Gasteiger partial charge in [0.1, 0.15) is 36.6 Å². The lowest BCUT2D eigenvalue weighted by molar-refractivity contribution is -0.145. The Kier molecular flexibility index (Phi) is 5.62. The molecule has 2 fully saturated rings.